The number of aromatic nitrogens is 3. The van der Waals surface area contributed by atoms with Crippen LogP contribution in [0.2, 0.25) is 10.0 Å². The first-order valence-electron chi connectivity index (χ1n) is 16.4. The van der Waals surface area contributed by atoms with Gasteiger partial charge < -0.3 is 33.3 Å². The van der Waals surface area contributed by atoms with E-state index in [9.17, 15) is 14.0 Å². The lowest BCUT2D eigenvalue weighted by Gasteiger charge is -2.14. The summed E-state index contributed by atoms with van der Waals surface area (Å²) in [7, 11) is 0. The fourth-order valence-corrected chi connectivity index (χ4v) is 4.42. The molecule has 0 N–H and O–H groups in total. The molecule has 55 heavy (non-hydrogen) atoms. The summed E-state index contributed by atoms with van der Waals surface area (Å²) in [4.78, 5) is 41.0. The van der Waals surface area contributed by atoms with Gasteiger partial charge >= 0.3 is 11.9 Å². The number of fused-ring (bicyclic) bond motifs is 1. The number of rotatable bonds is 15. The van der Waals surface area contributed by atoms with Gasteiger partial charge in [-0.2, -0.15) is 0 Å². The van der Waals surface area contributed by atoms with Gasteiger partial charge in [0, 0.05) is 11.2 Å². The summed E-state index contributed by atoms with van der Waals surface area (Å²) in [6, 6.07) is 19.4. The quantitative estimate of drug-likeness (QED) is 0.0329. The Labute approximate surface area is 326 Å². The van der Waals surface area contributed by atoms with Crippen molar-refractivity contribution < 1.29 is 47.2 Å². The molecule has 2 unspecified atom stereocenters. The monoisotopic (exact) mass is 792 g/mol. The van der Waals surface area contributed by atoms with Gasteiger partial charge in [0.2, 0.25) is 5.88 Å². The van der Waals surface area contributed by atoms with Gasteiger partial charge in [-0.3, -0.25) is 0 Å². The number of pyridine rings is 1. The standard InChI is InChI=1S/C22H22ClN3O5.C17H13ClFNO4/c1-14(2)26-29-11-10-28-22(27)15(3)30-17-5-7-18(8-6-17)31-21-13-24-20-12-16(23)4-9-19(20)25-21;1-3-8-22-17(21)11(2)23-13-4-6-14(7-5-13)24-16-15(19)9-12(18)10-20-16/h4-9,12-13,15H,10-11H2,1-3H3;1,4-7,9-11H,8H2,2H3. The zero-order chi connectivity index (χ0) is 39.7. The number of nitrogens with zero attached hydrogens (tertiary/aromatic N) is 4. The number of oxime groups is 1. The van der Waals surface area contributed by atoms with Crippen LogP contribution in [0.4, 0.5) is 4.39 Å². The maximum atomic E-state index is 13.6. The first kappa shape index (κ1) is 41.6. The average molecular weight is 794 g/mol. The Balaban J connectivity index is 0.000000253. The van der Waals surface area contributed by atoms with E-state index in [0.29, 0.717) is 44.9 Å². The van der Waals surface area contributed by atoms with Crippen LogP contribution < -0.4 is 18.9 Å². The molecule has 3 aromatic carbocycles. The topological polar surface area (TPSA) is 150 Å². The van der Waals surface area contributed by atoms with Crippen molar-refractivity contribution >= 4 is 51.9 Å². The van der Waals surface area contributed by atoms with Crippen LogP contribution in [-0.2, 0) is 23.9 Å². The van der Waals surface area contributed by atoms with Crippen molar-refractivity contribution in [2.24, 2.45) is 5.16 Å². The molecule has 0 fully saturated rings. The van der Waals surface area contributed by atoms with Crippen LogP contribution in [0.5, 0.6) is 34.8 Å². The van der Waals surface area contributed by atoms with Crippen molar-refractivity contribution in [1.29, 1.82) is 0 Å². The fraction of sp³-hybridized carbons (Fsp3) is 0.231. The maximum absolute atomic E-state index is 13.6. The number of benzene rings is 3. The van der Waals surface area contributed by atoms with Crippen LogP contribution in [0.25, 0.3) is 11.0 Å². The Morgan fingerprint density at radius 1 is 0.764 bits per heavy atom. The number of esters is 2. The Bertz CT molecular complexity index is 2130. The normalized spacial score (nSPS) is 11.4. The zero-order valence-electron chi connectivity index (χ0n) is 30.0. The minimum Gasteiger partial charge on any atom is -0.479 e. The molecule has 0 saturated carbocycles. The first-order valence-corrected chi connectivity index (χ1v) is 17.2. The molecule has 0 aliphatic rings. The molecular formula is C39H35Cl2FN4O9. The van der Waals surface area contributed by atoms with Crippen LogP contribution in [-0.4, -0.2) is 64.6 Å². The Hall–Kier alpha value is -6.17. The molecule has 5 aromatic rings. The fourth-order valence-electron chi connectivity index (χ4n) is 4.10. The summed E-state index contributed by atoms with van der Waals surface area (Å²) in [5, 5.41) is 4.53. The number of carbonyl (C=O) groups excluding carboxylic acids is 2. The van der Waals surface area contributed by atoms with Crippen LogP contribution in [0.15, 0.2) is 90.3 Å². The molecule has 0 aliphatic carbocycles. The van der Waals surface area contributed by atoms with E-state index < -0.39 is 30.0 Å². The molecule has 0 amide bonds. The van der Waals surface area contributed by atoms with Gasteiger partial charge in [0.1, 0.15) is 29.6 Å². The molecule has 0 radical (unpaired) electrons. The molecule has 2 heterocycles. The lowest BCUT2D eigenvalue weighted by Crippen LogP contribution is -2.27. The van der Waals surface area contributed by atoms with E-state index in [-0.39, 0.29) is 30.7 Å². The van der Waals surface area contributed by atoms with E-state index in [1.54, 1.807) is 73.7 Å². The largest absolute Gasteiger partial charge is 0.479 e. The second-order valence-corrected chi connectivity index (χ2v) is 12.2. The van der Waals surface area contributed by atoms with E-state index in [1.807, 2.05) is 13.8 Å². The van der Waals surface area contributed by atoms with E-state index in [2.05, 4.69) is 26.0 Å². The number of ether oxygens (including phenoxy) is 6. The molecule has 16 heteroatoms. The number of hydrogen-bond acceptors (Lipinski definition) is 13. The van der Waals surface area contributed by atoms with E-state index in [4.69, 9.17) is 62.9 Å². The summed E-state index contributed by atoms with van der Waals surface area (Å²) in [5.41, 5.74) is 2.15. The Morgan fingerprint density at radius 2 is 1.36 bits per heavy atom. The third-order valence-corrected chi connectivity index (χ3v) is 7.04. The minimum absolute atomic E-state index is 0.0924. The van der Waals surface area contributed by atoms with Crippen LogP contribution in [0.3, 0.4) is 0 Å². The van der Waals surface area contributed by atoms with E-state index in [0.717, 1.165) is 11.8 Å². The van der Waals surface area contributed by atoms with Crippen LogP contribution in [0.1, 0.15) is 27.7 Å². The van der Waals surface area contributed by atoms with Crippen molar-refractivity contribution in [3.05, 3.63) is 101 Å². The van der Waals surface area contributed by atoms with Gasteiger partial charge in [-0.1, -0.05) is 34.3 Å². The van der Waals surface area contributed by atoms with Gasteiger partial charge in [-0.25, -0.2) is 28.9 Å². The molecule has 5 rings (SSSR count). The number of carbonyl (C=O) groups is 2. The number of halogens is 3. The van der Waals surface area contributed by atoms with Gasteiger partial charge in [-0.05, 0) is 100 Å². The second kappa shape index (κ2) is 20.9. The predicted molar refractivity (Wildman–Crippen MR) is 202 cm³/mol. The van der Waals surface area contributed by atoms with Crippen molar-refractivity contribution in [2.75, 3.05) is 19.8 Å². The van der Waals surface area contributed by atoms with Gasteiger partial charge in [0.25, 0.3) is 5.88 Å². The lowest BCUT2D eigenvalue weighted by molar-refractivity contribution is -0.152. The highest BCUT2D eigenvalue weighted by Gasteiger charge is 2.17. The molecule has 2 aromatic heterocycles. The smallest absolute Gasteiger partial charge is 0.347 e. The van der Waals surface area contributed by atoms with Gasteiger partial charge in [0.15, 0.2) is 31.2 Å². The van der Waals surface area contributed by atoms with Crippen molar-refractivity contribution in [3.8, 4) is 47.1 Å². The maximum Gasteiger partial charge on any atom is 0.347 e. The Morgan fingerprint density at radius 3 is 1.96 bits per heavy atom. The molecule has 0 bridgehead atoms. The third kappa shape index (κ3) is 14.0. The predicted octanol–water partition coefficient (Wildman–Crippen LogP) is 8.41. The lowest BCUT2D eigenvalue weighted by atomic mass is 10.3. The first-order chi connectivity index (χ1) is 26.4. The number of terminal acetylenes is 1. The van der Waals surface area contributed by atoms with E-state index in [1.165, 1.54) is 19.3 Å². The summed E-state index contributed by atoms with van der Waals surface area (Å²) in [6.45, 7) is 6.93. The molecule has 0 saturated heterocycles. The average Bonchev–Trinajstić information content (AvgIpc) is 3.16. The third-order valence-electron chi connectivity index (χ3n) is 6.59. The molecule has 13 nitrogen and oxygen atoms in total. The Kier molecular flexibility index (Phi) is 15.8. The summed E-state index contributed by atoms with van der Waals surface area (Å²) >= 11 is 11.6. The molecular weight excluding hydrogens is 758 g/mol. The van der Waals surface area contributed by atoms with Crippen LogP contribution in [0, 0.1) is 18.2 Å². The molecule has 0 spiro atoms. The number of hydrogen-bond donors (Lipinski definition) is 0. The van der Waals surface area contributed by atoms with Gasteiger partial charge in [0.05, 0.1) is 28.0 Å². The van der Waals surface area contributed by atoms with Gasteiger partial charge in [-0.15, -0.1) is 6.42 Å². The highest BCUT2D eigenvalue weighted by atomic mass is 35.5. The summed E-state index contributed by atoms with van der Waals surface area (Å²) in [6.07, 6.45) is 6.22. The SMILES string of the molecule is C#CCOC(=O)C(C)Oc1ccc(Oc2ncc(Cl)cc2F)cc1.CC(C)=NOCCOC(=O)C(C)Oc1ccc(Oc2cnc3cc(Cl)ccc3n2)cc1. The van der Waals surface area contributed by atoms with Crippen molar-refractivity contribution in [3.63, 3.8) is 0 Å². The van der Waals surface area contributed by atoms with Crippen molar-refractivity contribution in [1.82, 2.24) is 15.0 Å². The van der Waals surface area contributed by atoms with Crippen LogP contribution >= 0.6 is 23.2 Å². The second-order valence-electron chi connectivity index (χ2n) is 11.3. The van der Waals surface area contributed by atoms with Crippen molar-refractivity contribution in [2.45, 2.75) is 39.9 Å². The summed E-state index contributed by atoms with van der Waals surface area (Å²) < 4.78 is 45.5. The minimum atomic E-state index is -0.819. The summed E-state index contributed by atoms with van der Waals surface area (Å²) in [5.74, 6) is 2.43. The molecule has 2 atom stereocenters. The molecule has 286 valence electrons. The van der Waals surface area contributed by atoms with E-state index >= 15 is 0 Å². The highest BCUT2D eigenvalue weighted by Crippen LogP contribution is 2.27. The highest BCUT2D eigenvalue weighted by molar-refractivity contribution is 6.31. The molecule has 0 aliphatic heterocycles. The zero-order valence-corrected chi connectivity index (χ0v) is 31.5.